The SMILES string of the molecule is CCc1nn(CC)c(CC(O)C2CCC(CC)CC2)c1Cl. The summed E-state index contributed by atoms with van der Waals surface area (Å²) in [5, 5.41) is 15.9. The zero-order valence-corrected chi connectivity index (χ0v) is 14.4. The Morgan fingerprint density at radius 3 is 2.43 bits per heavy atom. The molecule has 0 aromatic carbocycles. The van der Waals surface area contributed by atoms with Crippen molar-refractivity contribution in [3.8, 4) is 0 Å². The third-order valence-corrected chi connectivity index (χ3v) is 5.55. The molecule has 1 aliphatic carbocycles. The van der Waals surface area contributed by atoms with Crippen molar-refractivity contribution in [3.05, 3.63) is 16.4 Å². The fourth-order valence-corrected chi connectivity index (χ4v) is 3.90. The van der Waals surface area contributed by atoms with Crippen molar-refractivity contribution < 1.29 is 5.11 Å². The van der Waals surface area contributed by atoms with E-state index >= 15 is 0 Å². The summed E-state index contributed by atoms with van der Waals surface area (Å²) in [6.07, 6.45) is 7.30. The molecular formula is C17H29ClN2O. The van der Waals surface area contributed by atoms with E-state index in [1.807, 2.05) is 4.68 Å². The number of aliphatic hydroxyl groups is 1. The van der Waals surface area contributed by atoms with Gasteiger partial charge >= 0.3 is 0 Å². The molecule has 1 aromatic heterocycles. The van der Waals surface area contributed by atoms with Crippen LogP contribution in [-0.4, -0.2) is 21.0 Å². The highest BCUT2D eigenvalue weighted by atomic mass is 35.5. The van der Waals surface area contributed by atoms with Crippen LogP contribution in [0.4, 0.5) is 0 Å². The van der Waals surface area contributed by atoms with Crippen LogP contribution in [0.1, 0.15) is 64.3 Å². The molecule has 1 aromatic rings. The lowest BCUT2D eigenvalue weighted by Gasteiger charge is -2.31. The lowest BCUT2D eigenvalue weighted by molar-refractivity contribution is 0.0719. The first-order chi connectivity index (χ1) is 10.1. The normalized spacial score (nSPS) is 24.2. The Bertz CT molecular complexity index is 450. The van der Waals surface area contributed by atoms with E-state index in [9.17, 15) is 5.11 Å². The minimum atomic E-state index is -0.285. The van der Waals surface area contributed by atoms with Gasteiger partial charge in [0.05, 0.1) is 22.5 Å². The average molecular weight is 313 g/mol. The molecular weight excluding hydrogens is 284 g/mol. The van der Waals surface area contributed by atoms with Crippen LogP contribution in [0.25, 0.3) is 0 Å². The standard InChI is InChI=1S/C17H29ClN2O/c1-4-12-7-9-13(10-8-12)16(21)11-15-17(18)14(5-2)19-20(15)6-3/h12-13,16,21H,4-11H2,1-3H3. The van der Waals surface area contributed by atoms with Gasteiger partial charge in [-0.15, -0.1) is 0 Å². The lowest BCUT2D eigenvalue weighted by Crippen LogP contribution is -2.28. The molecule has 0 bridgehead atoms. The van der Waals surface area contributed by atoms with E-state index in [1.165, 1.54) is 19.3 Å². The Kier molecular flexibility index (Phi) is 6.12. The average Bonchev–Trinajstić information content (AvgIpc) is 2.83. The first-order valence-corrected chi connectivity index (χ1v) is 8.90. The molecule has 1 atom stereocenters. The Balaban J connectivity index is 2.02. The summed E-state index contributed by atoms with van der Waals surface area (Å²) in [6.45, 7) is 7.23. The van der Waals surface area contributed by atoms with Crippen molar-refractivity contribution in [1.29, 1.82) is 0 Å². The summed E-state index contributed by atoms with van der Waals surface area (Å²) in [7, 11) is 0. The molecule has 0 radical (unpaired) electrons. The molecule has 0 aliphatic heterocycles. The Morgan fingerprint density at radius 2 is 1.90 bits per heavy atom. The predicted molar refractivity (Wildman–Crippen MR) is 87.7 cm³/mol. The van der Waals surface area contributed by atoms with Crippen LogP contribution in [0.3, 0.4) is 0 Å². The second-order valence-corrected chi connectivity index (χ2v) is 6.72. The maximum Gasteiger partial charge on any atom is 0.0850 e. The number of hydrogen-bond acceptors (Lipinski definition) is 2. The Labute approximate surface area is 133 Å². The highest BCUT2D eigenvalue weighted by Gasteiger charge is 2.27. The lowest BCUT2D eigenvalue weighted by atomic mass is 9.77. The summed E-state index contributed by atoms with van der Waals surface area (Å²) in [5.41, 5.74) is 1.97. The third kappa shape index (κ3) is 3.81. The molecule has 3 nitrogen and oxygen atoms in total. The van der Waals surface area contributed by atoms with E-state index in [0.717, 1.165) is 48.1 Å². The largest absolute Gasteiger partial charge is 0.392 e. The van der Waals surface area contributed by atoms with E-state index in [2.05, 4.69) is 25.9 Å². The number of rotatable bonds is 6. The van der Waals surface area contributed by atoms with Crippen molar-refractivity contribution in [1.82, 2.24) is 9.78 Å². The molecule has 120 valence electrons. The molecule has 0 amide bonds. The third-order valence-electron chi connectivity index (χ3n) is 5.11. The molecule has 4 heteroatoms. The van der Waals surface area contributed by atoms with Gasteiger partial charge in [0.15, 0.2) is 0 Å². The number of halogens is 1. The van der Waals surface area contributed by atoms with Crippen LogP contribution >= 0.6 is 11.6 Å². The van der Waals surface area contributed by atoms with E-state index < -0.39 is 0 Å². The van der Waals surface area contributed by atoms with Gasteiger partial charge in [-0.2, -0.15) is 5.10 Å². The van der Waals surface area contributed by atoms with Crippen LogP contribution in [0.5, 0.6) is 0 Å². The maximum atomic E-state index is 10.6. The van der Waals surface area contributed by atoms with Gasteiger partial charge < -0.3 is 5.11 Å². The molecule has 1 heterocycles. The molecule has 1 N–H and O–H groups in total. The molecule has 1 aliphatic rings. The minimum Gasteiger partial charge on any atom is -0.392 e. The van der Waals surface area contributed by atoms with Crippen molar-refractivity contribution in [2.24, 2.45) is 11.8 Å². The van der Waals surface area contributed by atoms with Gasteiger partial charge in [-0.1, -0.05) is 44.7 Å². The molecule has 0 spiro atoms. The monoisotopic (exact) mass is 312 g/mol. The topological polar surface area (TPSA) is 38.0 Å². The molecule has 1 fully saturated rings. The summed E-state index contributed by atoms with van der Waals surface area (Å²) >= 11 is 6.44. The summed E-state index contributed by atoms with van der Waals surface area (Å²) in [6, 6.07) is 0. The van der Waals surface area contributed by atoms with E-state index in [0.29, 0.717) is 12.3 Å². The molecule has 1 saturated carbocycles. The van der Waals surface area contributed by atoms with Gasteiger partial charge in [0.2, 0.25) is 0 Å². The number of aromatic nitrogens is 2. The number of hydrogen-bond donors (Lipinski definition) is 1. The smallest absolute Gasteiger partial charge is 0.0850 e. The van der Waals surface area contributed by atoms with Gasteiger partial charge in [-0.05, 0) is 38.0 Å². The molecule has 21 heavy (non-hydrogen) atoms. The van der Waals surface area contributed by atoms with E-state index in [4.69, 9.17) is 11.6 Å². The second-order valence-electron chi connectivity index (χ2n) is 6.34. The molecule has 2 rings (SSSR count). The zero-order chi connectivity index (χ0) is 15.4. The van der Waals surface area contributed by atoms with Gasteiger partial charge in [-0.3, -0.25) is 4.68 Å². The maximum absolute atomic E-state index is 10.6. The van der Waals surface area contributed by atoms with Crippen LogP contribution in [0, 0.1) is 11.8 Å². The van der Waals surface area contributed by atoms with Crippen molar-refractivity contribution in [2.45, 2.75) is 78.4 Å². The highest BCUT2D eigenvalue weighted by Crippen LogP contribution is 2.34. The minimum absolute atomic E-state index is 0.285. The fourth-order valence-electron chi connectivity index (χ4n) is 3.56. The highest BCUT2D eigenvalue weighted by molar-refractivity contribution is 6.31. The second kappa shape index (κ2) is 7.64. The predicted octanol–water partition coefficient (Wildman–Crippen LogP) is 4.24. The molecule has 1 unspecified atom stereocenters. The van der Waals surface area contributed by atoms with E-state index in [1.54, 1.807) is 0 Å². The van der Waals surface area contributed by atoms with Crippen LogP contribution in [0.15, 0.2) is 0 Å². The first-order valence-electron chi connectivity index (χ1n) is 8.52. The van der Waals surface area contributed by atoms with Crippen molar-refractivity contribution in [2.75, 3.05) is 0 Å². The molecule has 0 saturated heterocycles. The number of nitrogens with zero attached hydrogens (tertiary/aromatic N) is 2. The van der Waals surface area contributed by atoms with Crippen LogP contribution in [0.2, 0.25) is 5.02 Å². The van der Waals surface area contributed by atoms with Gasteiger partial charge in [0.25, 0.3) is 0 Å². The summed E-state index contributed by atoms with van der Waals surface area (Å²) in [5.74, 6) is 1.29. The van der Waals surface area contributed by atoms with Crippen molar-refractivity contribution in [3.63, 3.8) is 0 Å². The van der Waals surface area contributed by atoms with Crippen LogP contribution in [-0.2, 0) is 19.4 Å². The van der Waals surface area contributed by atoms with Gasteiger partial charge in [-0.25, -0.2) is 0 Å². The summed E-state index contributed by atoms with van der Waals surface area (Å²) in [4.78, 5) is 0. The number of aryl methyl sites for hydroxylation is 2. The Morgan fingerprint density at radius 1 is 1.24 bits per heavy atom. The first kappa shape index (κ1) is 16.8. The Hall–Kier alpha value is -0.540. The van der Waals surface area contributed by atoms with Gasteiger partial charge in [0, 0.05) is 13.0 Å². The van der Waals surface area contributed by atoms with Gasteiger partial charge in [0.1, 0.15) is 0 Å². The zero-order valence-electron chi connectivity index (χ0n) is 13.6. The quantitative estimate of drug-likeness (QED) is 0.853. The van der Waals surface area contributed by atoms with Crippen LogP contribution < -0.4 is 0 Å². The van der Waals surface area contributed by atoms with Crippen molar-refractivity contribution >= 4 is 11.6 Å². The number of aliphatic hydroxyl groups excluding tert-OH is 1. The summed E-state index contributed by atoms with van der Waals surface area (Å²) < 4.78 is 1.96. The fraction of sp³-hybridized carbons (Fsp3) is 0.824. The van der Waals surface area contributed by atoms with E-state index in [-0.39, 0.29) is 6.10 Å².